The maximum Gasteiger partial charge on any atom is 0.325 e. The summed E-state index contributed by atoms with van der Waals surface area (Å²) in [4.78, 5) is 29.0. The van der Waals surface area contributed by atoms with E-state index in [4.69, 9.17) is 21.7 Å². The third-order valence-electron chi connectivity index (χ3n) is 8.59. The molecule has 0 N–H and O–H groups in total. The van der Waals surface area contributed by atoms with Crippen LogP contribution in [0.5, 0.6) is 5.75 Å². The van der Waals surface area contributed by atoms with Crippen molar-refractivity contribution < 1.29 is 19.1 Å². The predicted octanol–water partition coefficient (Wildman–Crippen LogP) is 8.37. The molecular weight excluding hydrogens is 565 g/mol. The smallest absolute Gasteiger partial charge is 0.325 e. The van der Waals surface area contributed by atoms with Gasteiger partial charge < -0.3 is 14.4 Å². The molecule has 2 aliphatic heterocycles. The minimum absolute atomic E-state index is 0.162. The summed E-state index contributed by atoms with van der Waals surface area (Å²) in [6.45, 7) is 2.87. The summed E-state index contributed by atoms with van der Waals surface area (Å²) < 4.78 is 11.2. The molecule has 2 heterocycles. The SMILES string of the molecule is CCCCCCCCCCOc1ccc(N2c3ccc(/C=C4\SC(=S)N(CC(=O)OC)C4=O)cc3C3CCCC32)cc1. The zero-order chi connectivity index (χ0) is 29.5. The van der Waals surface area contributed by atoms with Gasteiger partial charge in [-0.05, 0) is 72.9 Å². The fourth-order valence-electron chi connectivity index (χ4n) is 6.41. The molecule has 0 radical (unpaired) electrons. The van der Waals surface area contributed by atoms with Crippen LogP contribution in [0.3, 0.4) is 0 Å². The summed E-state index contributed by atoms with van der Waals surface area (Å²) in [5, 5.41) is 0. The van der Waals surface area contributed by atoms with Crippen LogP contribution in [-0.2, 0) is 14.3 Å². The van der Waals surface area contributed by atoms with Crippen molar-refractivity contribution >= 4 is 57.6 Å². The average Bonchev–Trinajstić information content (AvgIpc) is 3.66. The fraction of sp³-hybridized carbons (Fsp3) is 0.500. The molecule has 42 heavy (non-hydrogen) atoms. The molecule has 0 spiro atoms. The Labute approximate surface area is 259 Å². The van der Waals surface area contributed by atoms with Gasteiger partial charge in [0.05, 0.1) is 18.6 Å². The van der Waals surface area contributed by atoms with E-state index in [1.165, 1.54) is 98.5 Å². The first-order valence-corrected chi connectivity index (χ1v) is 16.7. The molecule has 2 aromatic rings. The Kier molecular flexibility index (Phi) is 10.6. The zero-order valence-electron chi connectivity index (χ0n) is 24.8. The Morgan fingerprint density at radius 2 is 1.76 bits per heavy atom. The van der Waals surface area contributed by atoms with Crippen molar-refractivity contribution in [2.45, 2.75) is 89.5 Å². The topological polar surface area (TPSA) is 59.1 Å². The number of hydrogen-bond acceptors (Lipinski definition) is 7. The van der Waals surface area contributed by atoms with E-state index in [0.717, 1.165) is 30.8 Å². The molecule has 5 rings (SSSR count). The third-order valence-corrected chi connectivity index (χ3v) is 9.97. The summed E-state index contributed by atoms with van der Waals surface area (Å²) in [5.74, 6) is 0.672. The van der Waals surface area contributed by atoms with Crippen LogP contribution in [-0.4, -0.2) is 47.4 Å². The van der Waals surface area contributed by atoms with Crippen LogP contribution in [0.4, 0.5) is 11.4 Å². The number of methoxy groups -OCH3 is 1. The van der Waals surface area contributed by atoms with E-state index < -0.39 is 5.97 Å². The van der Waals surface area contributed by atoms with Crippen LogP contribution in [0, 0.1) is 0 Å². The first-order valence-electron chi connectivity index (χ1n) is 15.5. The second-order valence-electron chi connectivity index (χ2n) is 11.5. The molecule has 8 heteroatoms. The van der Waals surface area contributed by atoms with Gasteiger partial charge in [-0.25, -0.2) is 0 Å². The van der Waals surface area contributed by atoms with Crippen molar-refractivity contribution in [3.05, 3.63) is 58.5 Å². The third kappa shape index (κ3) is 7.03. The first kappa shape index (κ1) is 30.6. The highest BCUT2D eigenvalue weighted by Gasteiger charge is 2.42. The molecule has 1 saturated carbocycles. The van der Waals surface area contributed by atoms with Crippen molar-refractivity contribution in [3.8, 4) is 5.75 Å². The summed E-state index contributed by atoms with van der Waals surface area (Å²) in [7, 11) is 1.31. The number of unbranched alkanes of at least 4 members (excludes halogenated alkanes) is 7. The van der Waals surface area contributed by atoms with Gasteiger partial charge in [0.2, 0.25) is 0 Å². The summed E-state index contributed by atoms with van der Waals surface area (Å²) in [6.07, 6.45) is 15.8. The lowest BCUT2D eigenvalue weighted by Gasteiger charge is -2.27. The number of amides is 1. The largest absolute Gasteiger partial charge is 0.494 e. The highest BCUT2D eigenvalue weighted by Crippen LogP contribution is 2.52. The number of rotatable bonds is 14. The van der Waals surface area contributed by atoms with Crippen LogP contribution in [0.25, 0.3) is 6.08 Å². The van der Waals surface area contributed by atoms with Crippen molar-refractivity contribution in [3.63, 3.8) is 0 Å². The summed E-state index contributed by atoms with van der Waals surface area (Å²) in [5.41, 5.74) is 4.75. The Hall–Kier alpha value is -2.84. The van der Waals surface area contributed by atoms with Crippen molar-refractivity contribution in [2.75, 3.05) is 25.2 Å². The number of anilines is 2. The Balaban J connectivity index is 1.22. The van der Waals surface area contributed by atoms with E-state index >= 15 is 0 Å². The number of carbonyl (C=O) groups is 2. The minimum atomic E-state index is -0.486. The molecule has 2 aromatic carbocycles. The number of hydrogen-bond donors (Lipinski definition) is 0. The van der Waals surface area contributed by atoms with E-state index in [9.17, 15) is 9.59 Å². The maximum absolute atomic E-state index is 12.9. The molecule has 6 nitrogen and oxygen atoms in total. The lowest BCUT2D eigenvalue weighted by molar-refractivity contribution is -0.143. The van der Waals surface area contributed by atoms with Crippen LogP contribution in [0.15, 0.2) is 47.4 Å². The molecule has 3 aliphatic rings. The molecule has 0 bridgehead atoms. The van der Waals surface area contributed by atoms with Gasteiger partial charge in [0.1, 0.15) is 16.6 Å². The van der Waals surface area contributed by atoms with E-state index in [2.05, 4.69) is 54.3 Å². The van der Waals surface area contributed by atoms with E-state index in [0.29, 0.717) is 21.2 Å². The van der Waals surface area contributed by atoms with Crippen LogP contribution >= 0.6 is 24.0 Å². The van der Waals surface area contributed by atoms with E-state index in [1.54, 1.807) is 0 Å². The normalized spacial score (nSPS) is 20.4. The predicted molar refractivity (Wildman–Crippen MR) is 175 cm³/mol. The number of esters is 1. The number of carbonyl (C=O) groups excluding carboxylic acids is 2. The van der Waals surface area contributed by atoms with Crippen LogP contribution in [0.2, 0.25) is 0 Å². The maximum atomic E-state index is 12.9. The van der Waals surface area contributed by atoms with Crippen molar-refractivity contribution in [1.29, 1.82) is 0 Å². The second kappa shape index (κ2) is 14.6. The van der Waals surface area contributed by atoms with E-state index in [1.807, 2.05) is 6.08 Å². The van der Waals surface area contributed by atoms with Gasteiger partial charge in [-0.2, -0.15) is 0 Å². The molecule has 1 aliphatic carbocycles. The van der Waals surface area contributed by atoms with E-state index in [-0.39, 0.29) is 12.5 Å². The average molecular weight is 607 g/mol. The lowest BCUT2D eigenvalue weighted by Crippen LogP contribution is -2.33. The highest BCUT2D eigenvalue weighted by atomic mass is 32.2. The van der Waals surface area contributed by atoms with Gasteiger partial charge in [0.25, 0.3) is 5.91 Å². The summed E-state index contributed by atoms with van der Waals surface area (Å²) in [6, 6.07) is 15.5. The number of thioether (sulfide) groups is 1. The lowest BCUT2D eigenvalue weighted by atomic mass is 9.96. The molecule has 0 aromatic heterocycles. The molecule has 2 unspecified atom stereocenters. The molecular formula is C34H42N2O4S2. The number of ether oxygens (including phenoxy) is 2. The van der Waals surface area contributed by atoms with Gasteiger partial charge in [-0.15, -0.1) is 0 Å². The van der Waals surface area contributed by atoms with Crippen LogP contribution in [0.1, 0.15) is 94.6 Å². The number of benzene rings is 2. The summed E-state index contributed by atoms with van der Waals surface area (Å²) >= 11 is 6.59. The van der Waals surface area contributed by atoms with Gasteiger partial charge in [-0.3, -0.25) is 14.5 Å². The fourth-order valence-corrected chi connectivity index (χ4v) is 7.67. The Morgan fingerprint density at radius 1 is 1.02 bits per heavy atom. The molecule has 224 valence electrons. The molecule has 1 saturated heterocycles. The molecule has 2 fully saturated rings. The van der Waals surface area contributed by atoms with Gasteiger partial charge >= 0.3 is 5.97 Å². The monoisotopic (exact) mass is 606 g/mol. The zero-order valence-corrected chi connectivity index (χ0v) is 26.4. The Morgan fingerprint density at radius 3 is 2.50 bits per heavy atom. The number of fused-ring (bicyclic) bond motifs is 3. The van der Waals surface area contributed by atoms with Gasteiger partial charge in [0, 0.05) is 23.3 Å². The standard InChI is InChI=1S/C34H42N2O4S2/c1-3-4-5-6-7-8-9-10-20-40-26-17-15-25(16-18-26)36-29-13-11-12-27(29)28-21-24(14-19-30(28)36)22-31-33(38)35(34(41)42-31)23-32(37)39-2/h14-19,21-22,27,29H,3-13,20,23H2,1-2H3/b31-22-. The second-order valence-corrected chi connectivity index (χ2v) is 13.1. The highest BCUT2D eigenvalue weighted by molar-refractivity contribution is 8.26. The number of thiocarbonyl (C=S) groups is 1. The molecule has 1 amide bonds. The van der Waals surface area contributed by atoms with Crippen molar-refractivity contribution in [2.24, 2.45) is 0 Å². The van der Waals surface area contributed by atoms with Crippen LogP contribution < -0.4 is 9.64 Å². The Bertz CT molecular complexity index is 1310. The van der Waals surface area contributed by atoms with Gasteiger partial charge in [-0.1, -0.05) is 88.3 Å². The quantitative estimate of drug-likeness (QED) is 0.0927. The molecule has 2 atom stereocenters. The van der Waals surface area contributed by atoms with Crippen molar-refractivity contribution in [1.82, 2.24) is 4.90 Å². The first-order chi connectivity index (χ1) is 20.5. The minimum Gasteiger partial charge on any atom is -0.494 e. The number of nitrogens with zero attached hydrogens (tertiary/aromatic N) is 2. The van der Waals surface area contributed by atoms with Gasteiger partial charge in [0.15, 0.2) is 0 Å².